The first-order valence-corrected chi connectivity index (χ1v) is 10.5. The molecular formula is C23H27NO2S. The van der Waals surface area contributed by atoms with E-state index in [9.17, 15) is 4.79 Å². The molecule has 1 aromatic heterocycles. The minimum absolute atomic E-state index is 0.285. The van der Waals surface area contributed by atoms with Crippen LogP contribution >= 0.6 is 11.8 Å². The highest BCUT2D eigenvalue weighted by atomic mass is 32.2. The monoisotopic (exact) mass is 381 g/mol. The zero-order valence-electron chi connectivity index (χ0n) is 16.7. The average molecular weight is 382 g/mol. The number of nitrogens with zero attached hydrogens (tertiary/aromatic N) is 1. The summed E-state index contributed by atoms with van der Waals surface area (Å²) in [6, 6.07) is 14.5. The summed E-state index contributed by atoms with van der Waals surface area (Å²) >= 11 is 1.75. The maximum Gasteiger partial charge on any atom is 0.336 e. The van der Waals surface area contributed by atoms with Gasteiger partial charge in [-0.15, -0.1) is 11.8 Å². The van der Waals surface area contributed by atoms with Crippen molar-refractivity contribution in [1.82, 2.24) is 4.90 Å². The number of thioether (sulfide) groups is 1. The van der Waals surface area contributed by atoms with Crippen molar-refractivity contribution in [2.75, 3.05) is 13.3 Å². The van der Waals surface area contributed by atoms with E-state index in [1.165, 1.54) is 21.6 Å². The van der Waals surface area contributed by atoms with Gasteiger partial charge in [0.2, 0.25) is 0 Å². The lowest BCUT2D eigenvalue weighted by Gasteiger charge is -2.19. The van der Waals surface area contributed by atoms with E-state index in [-0.39, 0.29) is 5.63 Å². The van der Waals surface area contributed by atoms with Crippen LogP contribution in [0.15, 0.2) is 56.6 Å². The molecule has 0 bridgehead atoms. The summed E-state index contributed by atoms with van der Waals surface area (Å²) in [5, 5.41) is 1.04. The second-order valence-electron chi connectivity index (χ2n) is 7.47. The Kier molecular flexibility index (Phi) is 6.08. The Morgan fingerprint density at radius 2 is 1.78 bits per heavy atom. The Bertz CT molecular complexity index is 990. The number of hydrogen-bond donors (Lipinski definition) is 0. The van der Waals surface area contributed by atoms with Crippen molar-refractivity contribution in [1.29, 1.82) is 0 Å². The molecule has 0 atom stereocenters. The molecule has 0 amide bonds. The van der Waals surface area contributed by atoms with Gasteiger partial charge in [-0.25, -0.2) is 4.79 Å². The Hall–Kier alpha value is -2.04. The number of benzene rings is 2. The summed E-state index contributed by atoms with van der Waals surface area (Å²) in [4.78, 5) is 15.6. The van der Waals surface area contributed by atoms with Gasteiger partial charge in [0.15, 0.2) is 0 Å². The molecule has 0 aliphatic rings. The lowest BCUT2D eigenvalue weighted by atomic mass is 9.95. The van der Waals surface area contributed by atoms with Crippen molar-refractivity contribution in [3.8, 4) is 0 Å². The predicted molar refractivity (Wildman–Crippen MR) is 115 cm³/mol. The largest absolute Gasteiger partial charge is 0.423 e. The van der Waals surface area contributed by atoms with Crippen LogP contribution in [0.4, 0.5) is 0 Å². The second-order valence-corrected chi connectivity index (χ2v) is 8.35. The highest BCUT2D eigenvalue weighted by Crippen LogP contribution is 2.27. The Morgan fingerprint density at radius 1 is 1.07 bits per heavy atom. The van der Waals surface area contributed by atoms with Crippen LogP contribution in [0.3, 0.4) is 0 Å². The van der Waals surface area contributed by atoms with Crippen LogP contribution < -0.4 is 5.63 Å². The average Bonchev–Trinajstić information content (AvgIpc) is 2.61. The first-order valence-electron chi connectivity index (χ1n) is 9.26. The Morgan fingerprint density at radius 3 is 2.41 bits per heavy atom. The predicted octanol–water partition coefficient (Wildman–Crippen LogP) is 5.58. The fourth-order valence-corrected chi connectivity index (χ4v) is 3.94. The molecule has 0 N–H and O–H groups in total. The summed E-state index contributed by atoms with van der Waals surface area (Å²) in [6.07, 6.45) is 2.08. The molecule has 0 aliphatic heterocycles. The van der Waals surface area contributed by atoms with Gasteiger partial charge in [0.25, 0.3) is 0 Å². The van der Waals surface area contributed by atoms with E-state index in [0.29, 0.717) is 18.0 Å². The van der Waals surface area contributed by atoms with E-state index in [1.807, 2.05) is 6.07 Å². The number of aryl methyl sites for hydroxylation is 1. The summed E-state index contributed by atoms with van der Waals surface area (Å²) in [6.45, 7) is 7.99. The van der Waals surface area contributed by atoms with Crippen molar-refractivity contribution >= 4 is 22.7 Å². The molecule has 3 aromatic rings. The van der Waals surface area contributed by atoms with E-state index in [1.54, 1.807) is 17.8 Å². The Labute approximate surface area is 165 Å². The lowest BCUT2D eigenvalue weighted by molar-refractivity contribution is 0.319. The second kappa shape index (κ2) is 8.32. The molecule has 0 unspecified atom stereocenters. The summed E-state index contributed by atoms with van der Waals surface area (Å²) in [5.74, 6) is 0.432. The molecule has 0 saturated heterocycles. The fourth-order valence-electron chi connectivity index (χ4n) is 3.53. The van der Waals surface area contributed by atoms with Crippen molar-refractivity contribution in [2.24, 2.45) is 0 Å². The van der Waals surface area contributed by atoms with E-state index >= 15 is 0 Å². The highest BCUT2D eigenvalue weighted by molar-refractivity contribution is 7.98. The van der Waals surface area contributed by atoms with Gasteiger partial charge in [-0.05, 0) is 72.7 Å². The SMILES string of the molecule is CSc1ccc(CN(C)Cc2cc(=O)oc3cc(C)c(C(C)C)cc23)cc1. The van der Waals surface area contributed by atoms with E-state index in [4.69, 9.17) is 4.42 Å². The third-order valence-electron chi connectivity index (χ3n) is 4.89. The van der Waals surface area contributed by atoms with Crippen LogP contribution in [-0.4, -0.2) is 18.2 Å². The van der Waals surface area contributed by atoms with Gasteiger partial charge < -0.3 is 4.42 Å². The summed E-state index contributed by atoms with van der Waals surface area (Å²) in [5.41, 5.74) is 5.14. The highest BCUT2D eigenvalue weighted by Gasteiger charge is 2.13. The van der Waals surface area contributed by atoms with Crippen molar-refractivity contribution in [3.63, 3.8) is 0 Å². The third kappa shape index (κ3) is 4.63. The van der Waals surface area contributed by atoms with Gasteiger partial charge in [0, 0.05) is 29.4 Å². The zero-order valence-corrected chi connectivity index (χ0v) is 17.5. The standard InChI is InChI=1S/C23H27NO2S/c1-15(2)20-12-21-18(11-23(25)26-22(21)10-16(20)3)14-24(4)13-17-6-8-19(27-5)9-7-17/h6-12,15H,13-14H2,1-5H3. The van der Waals surface area contributed by atoms with Crippen LogP contribution in [0.25, 0.3) is 11.0 Å². The third-order valence-corrected chi connectivity index (χ3v) is 5.63. The quantitative estimate of drug-likeness (QED) is 0.412. The smallest absolute Gasteiger partial charge is 0.336 e. The molecule has 0 fully saturated rings. The number of hydrogen-bond acceptors (Lipinski definition) is 4. The molecule has 0 saturated carbocycles. The van der Waals surface area contributed by atoms with Crippen LogP contribution in [-0.2, 0) is 13.1 Å². The van der Waals surface area contributed by atoms with E-state index in [0.717, 1.165) is 17.5 Å². The molecule has 142 valence electrons. The maximum absolute atomic E-state index is 12.1. The minimum atomic E-state index is -0.285. The van der Waals surface area contributed by atoms with Crippen LogP contribution in [0.5, 0.6) is 0 Å². The molecule has 3 rings (SSSR count). The van der Waals surface area contributed by atoms with Gasteiger partial charge >= 0.3 is 5.63 Å². The van der Waals surface area contributed by atoms with Gasteiger partial charge in [-0.2, -0.15) is 0 Å². The van der Waals surface area contributed by atoms with Gasteiger partial charge in [-0.1, -0.05) is 26.0 Å². The van der Waals surface area contributed by atoms with Crippen LogP contribution in [0.2, 0.25) is 0 Å². The molecular weight excluding hydrogens is 354 g/mol. The first-order chi connectivity index (χ1) is 12.9. The molecule has 4 heteroatoms. The summed E-state index contributed by atoms with van der Waals surface area (Å²) < 4.78 is 5.47. The van der Waals surface area contributed by atoms with Crippen LogP contribution in [0.1, 0.15) is 42.0 Å². The van der Waals surface area contributed by atoms with E-state index in [2.05, 4.69) is 69.3 Å². The number of fused-ring (bicyclic) bond motifs is 1. The van der Waals surface area contributed by atoms with Gasteiger partial charge in [0.05, 0.1) is 0 Å². The Balaban J connectivity index is 1.90. The zero-order chi connectivity index (χ0) is 19.6. The molecule has 27 heavy (non-hydrogen) atoms. The fraction of sp³-hybridized carbons (Fsp3) is 0.348. The van der Waals surface area contributed by atoms with Gasteiger partial charge in [0.1, 0.15) is 5.58 Å². The van der Waals surface area contributed by atoms with Crippen molar-refractivity contribution < 1.29 is 4.42 Å². The summed E-state index contributed by atoms with van der Waals surface area (Å²) in [7, 11) is 2.08. The molecule has 1 heterocycles. The molecule has 0 radical (unpaired) electrons. The number of rotatable bonds is 6. The molecule has 3 nitrogen and oxygen atoms in total. The molecule has 0 aliphatic carbocycles. The first kappa shape index (κ1) is 19.7. The van der Waals surface area contributed by atoms with Gasteiger partial charge in [-0.3, -0.25) is 4.90 Å². The molecule has 0 spiro atoms. The minimum Gasteiger partial charge on any atom is -0.423 e. The molecule has 2 aromatic carbocycles. The van der Waals surface area contributed by atoms with E-state index < -0.39 is 0 Å². The van der Waals surface area contributed by atoms with Crippen molar-refractivity contribution in [2.45, 2.75) is 44.7 Å². The maximum atomic E-state index is 12.1. The topological polar surface area (TPSA) is 33.5 Å². The normalized spacial score (nSPS) is 11.7. The van der Waals surface area contributed by atoms with Crippen molar-refractivity contribution in [3.05, 3.63) is 75.1 Å². The lowest BCUT2D eigenvalue weighted by Crippen LogP contribution is -2.18. The van der Waals surface area contributed by atoms with Crippen LogP contribution in [0, 0.1) is 6.92 Å².